The molecule has 1 atom stereocenters. The van der Waals surface area contributed by atoms with E-state index in [1.165, 1.54) is 6.07 Å². The number of benzene rings is 3. The van der Waals surface area contributed by atoms with Gasteiger partial charge in [0.05, 0.1) is 29.7 Å². The van der Waals surface area contributed by atoms with E-state index in [0.29, 0.717) is 43.0 Å². The van der Waals surface area contributed by atoms with Crippen molar-refractivity contribution in [3.63, 3.8) is 0 Å². The van der Waals surface area contributed by atoms with Gasteiger partial charge in [-0.05, 0) is 41.3 Å². The second-order valence-electron chi connectivity index (χ2n) is 8.57. The van der Waals surface area contributed by atoms with Gasteiger partial charge in [0.15, 0.2) is 0 Å². The van der Waals surface area contributed by atoms with E-state index in [-0.39, 0.29) is 24.1 Å². The highest BCUT2D eigenvalue weighted by atomic mass is 35.5. The molecule has 1 N–H and O–H groups in total. The van der Waals surface area contributed by atoms with Gasteiger partial charge >= 0.3 is 12.1 Å². The van der Waals surface area contributed by atoms with Crippen LogP contribution in [0.15, 0.2) is 72.8 Å². The van der Waals surface area contributed by atoms with Crippen molar-refractivity contribution in [3.05, 3.63) is 100 Å². The molecule has 0 aliphatic rings. The Hall–Kier alpha value is -3.07. The van der Waals surface area contributed by atoms with Gasteiger partial charge in [-0.15, -0.1) is 0 Å². The number of aliphatic carboxylic acids is 1. The molecule has 0 fully saturated rings. The minimum Gasteiger partial charge on any atom is -0.494 e. The van der Waals surface area contributed by atoms with Crippen LogP contribution in [0.1, 0.15) is 34.8 Å². The van der Waals surface area contributed by atoms with Crippen molar-refractivity contribution in [1.82, 2.24) is 4.90 Å². The van der Waals surface area contributed by atoms with E-state index in [4.69, 9.17) is 26.2 Å². The molecule has 0 saturated carbocycles. The summed E-state index contributed by atoms with van der Waals surface area (Å²) in [5.41, 5.74) is 1.11. The van der Waals surface area contributed by atoms with E-state index in [1.807, 2.05) is 35.2 Å². The Balaban J connectivity index is 1.71. The summed E-state index contributed by atoms with van der Waals surface area (Å²) >= 11 is 6.17. The molecule has 0 amide bonds. The predicted octanol–water partition coefficient (Wildman–Crippen LogP) is 6.64. The molecule has 3 aromatic rings. The number of rotatable bonds is 13. The van der Waals surface area contributed by atoms with Crippen molar-refractivity contribution in [2.24, 2.45) is 0 Å². The summed E-state index contributed by atoms with van der Waals surface area (Å²) in [6, 6.07) is 20.4. The van der Waals surface area contributed by atoms with Crippen LogP contribution in [0.4, 0.5) is 13.2 Å². The quantitative estimate of drug-likeness (QED) is 0.248. The second kappa shape index (κ2) is 13.5. The summed E-state index contributed by atoms with van der Waals surface area (Å²) in [5.74, 6) is -0.363. The molecule has 5 nitrogen and oxygen atoms in total. The van der Waals surface area contributed by atoms with Crippen LogP contribution in [0.2, 0.25) is 5.02 Å². The number of hydrogen-bond acceptors (Lipinski definition) is 4. The number of carboxylic acids is 1. The van der Waals surface area contributed by atoms with Gasteiger partial charge in [-0.1, -0.05) is 66.2 Å². The normalized spacial score (nSPS) is 12.5. The lowest BCUT2D eigenvalue weighted by atomic mass is 10.1. The van der Waals surface area contributed by atoms with Crippen molar-refractivity contribution in [2.45, 2.75) is 31.7 Å². The fourth-order valence-corrected chi connectivity index (χ4v) is 4.31. The number of methoxy groups -OCH3 is 1. The zero-order valence-corrected chi connectivity index (χ0v) is 21.1. The lowest BCUT2D eigenvalue weighted by Crippen LogP contribution is -2.31. The first-order valence-electron chi connectivity index (χ1n) is 11.8. The lowest BCUT2D eigenvalue weighted by molar-refractivity contribution is -0.138. The zero-order chi connectivity index (χ0) is 26.8. The van der Waals surface area contributed by atoms with Crippen molar-refractivity contribution < 1.29 is 32.5 Å². The predicted molar refractivity (Wildman–Crippen MR) is 136 cm³/mol. The largest absolute Gasteiger partial charge is 0.494 e. The molecule has 0 radical (unpaired) electrons. The maximum Gasteiger partial charge on any atom is 0.417 e. The monoisotopic (exact) mass is 535 g/mol. The number of nitrogens with zero attached hydrogens (tertiary/aromatic N) is 1. The third-order valence-corrected chi connectivity index (χ3v) is 6.25. The van der Waals surface area contributed by atoms with Crippen molar-refractivity contribution >= 4 is 17.6 Å². The molecule has 37 heavy (non-hydrogen) atoms. The molecule has 0 saturated heterocycles. The highest BCUT2D eigenvalue weighted by Crippen LogP contribution is 2.36. The number of halogens is 4. The van der Waals surface area contributed by atoms with Crippen molar-refractivity contribution in [1.29, 1.82) is 0 Å². The Morgan fingerprint density at radius 2 is 1.78 bits per heavy atom. The highest BCUT2D eigenvalue weighted by molar-refractivity contribution is 6.32. The van der Waals surface area contributed by atoms with E-state index < -0.39 is 17.7 Å². The summed E-state index contributed by atoms with van der Waals surface area (Å²) in [7, 11) is 1.60. The second-order valence-corrected chi connectivity index (χ2v) is 8.94. The Kier molecular flexibility index (Phi) is 10.4. The molecule has 0 heterocycles. The molecule has 0 bridgehead atoms. The summed E-state index contributed by atoms with van der Waals surface area (Å²) < 4.78 is 51.7. The van der Waals surface area contributed by atoms with E-state index >= 15 is 0 Å². The summed E-state index contributed by atoms with van der Waals surface area (Å²) in [6.45, 7) is 1.48. The van der Waals surface area contributed by atoms with E-state index in [9.17, 15) is 18.0 Å². The molecule has 0 aromatic heterocycles. The van der Waals surface area contributed by atoms with Gasteiger partial charge < -0.3 is 14.6 Å². The smallest absolute Gasteiger partial charge is 0.417 e. The van der Waals surface area contributed by atoms with Gasteiger partial charge in [0.1, 0.15) is 5.75 Å². The molecule has 1 unspecified atom stereocenters. The number of carbonyl (C=O) groups is 1. The summed E-state index contributed by atoms with van der Waals surface area (Å²) in [5, 5.41) is 8.68. The molecule has 3 aromatic carbocycles. The molecule has 0 aliphatic carbocycles. The third kappa shape index (κ3) is 8.77. The van der Waals surface area contributed by atoms with Crippen LogP contribution in [0, 0.1) is 0 Å². The fraction of sp³-hybridized carbons (Fsp3) is 0.321. The summed E-state index contributed by atoms with van der Waals surface area (Å²) in [6.07, 6.45) is -4.36. The van der Waals surface area contributed by atoms with E-state index in [1.54, 1.807) is 37.4 Å². The first-order chi connectivity index (χ1) is 17.7. The van der Waals surface area contributed by atoms with Gasteiger partial charge in [0, 0.05) is 26.7 Å². The SMILES string of the molecule is COC(CN(CCCOc1cccc(CC(=O)O)c1)Cc1cccc(C(F)(F)F)c1Cl)c1ccccc1. The number of hydrogen-bond donors (Lipinski definition) is 1. The third-order valence-electron chi connectivity index (χ3n) is 5.80. The van der Waals surface area contributed by atoms with E-state index in [0.717, 1.165) is 11.6 Å². The Labute approximate surface area is 219 Å². The first-order valence-corrected chi connectivity index (χ1v) is 12.1. The van der Waals surface area contributed by atoms with Crippen LogP contribution in [0.25, 0.3) is 0 Å². The molecule has 9 heteroatoms. The zero-order valence-electron chi connectivity index (χ0n) is 20.4. The Morgan fingerprint density at radius 3 is 2.46 bits per heavy atom. The van der Waals surface area contributed by atoms with Crippen LogP contribution in [-0.4, -0.2) is 42.8 Å². The maximum atomic E-state index is 13.4. The van der Waals surface area contributed by atoms with Gasteiger partial charge in [-0.2, -0.15) is 13.2 Å². The minimum absolute atomic E-state index is 0.0966. The maximum absolute atomic E-state index is 13.4. The van der Waals surface area contributed by atoms with Gasteiger partial charge in [-0.25, -0.2) is 0 Å². The van der Waals surface area contributed by atoms with E-state index in [2.05, 4.69) is 0 Å². The summed E-state index contributed by atoms with van der Waals surface area (Å²) in [4.78, 5) is 12.9. The molecule has 3 rings (SSSR count). The van der Waals surface area contributed by atoms with Gasteiger partial charge in [-0.3, -0.25) is 9.69 Å². The number of carboxylic acid groups (broad SMARTS) is 1. The minimum atomic E-state index is -4.54. The molecular formula is C28H29ClF3NO4. The van der Waals surface area contributed by atoms with Crippen LogP contribution in [-0.2, 0) is 28.7 Å². The molecule has 198 valence electrons. The highest BCUT2D eigenvalue weighted by Gasteiger charge is 2.34. The first kappa shape index (κ1) is 28.5. The lowest BCUT2D eigenvalue weighted by Gasteiger charge is -2.28. The van der Waals surface area contributed by atoms with Crippen LogP contribution in [0.3, 0.4) is 0 Å². The fourth-order valence-electron chi connectivity index (χ4n) is 4.01. The Bertz CT molecular complexity index is 1160. The number of alkyl halides is 3. The van der Waals surface area contributed by atoms with Crippen LogP contribution in [0.5, 0.6) is 5.75 Å². The Morgan fingerprint density at radius 1 is 1.05 bits per heavy atom. The standard InChI is InChI=1S/C28H29ClF3NO4/c1-36-25(21-9-3-2-4-10-21)19-33(18-22-11-6-13-24(27(22)29)28(30,31)32)14-7-15-37-23-12-5-8-20(16-23)17-26(34)35/h2-6,8-13,16,25H,7,14-15,17-19H2,1H3,(H,34,35). The van der Waals surface area contributed by atoms with Crippen molar-refractivity contribution in [2.75, 3.05) is 26.8 Å². The van der Waals surface area contributed by atoms with Gasteiger partial charge in [0.2, 0.25) is 0 Å². The van der Waals surface area contributed by atoms with Crippen LogP contribution >= 0.6 is 11.6 Å². The number of ether oxygens (including phenoxy) is 2. The average Bonchev–Trinajstić information content (AvgIpc) is 2.85. The molecular weight excluding hydrogens is 507 g/mol. The topological polar surface area (TPSA) is 59.0 Å². The molecule has 0 spiro atoms. The van der Waals surface area contributed by atoms with Crippen LogP contribution < -0.4 is 4.74 Å². The molecule has 0 aliphatic heterocycles. The average molecular weight is 536 g/mol. The van der Waals surface area contributed by atoms with Gasteiger partial charge in [0.25, 0.3) is 0 Å². The van der Waals surface area contributed by atoms with Crippen molar-refractivity contribution in [3.8, 4) is 5.75 Å².